The second-order valence-corrected chi connectivity index (χ2v) is 6.70. The van der Waals surface area contributed by atoms with Gasteiger partial charge in [0, 0.05) is 12.7 Å². The number of ether oxygens (including phenoxy) is 1. The van der Waals surface area contributed by atoms with Crippen molar-refractivity contribution in [2.24, 2.45) is 0 Å². The van der Waals surface area contributed by atoms with E-state index in [-0.39, 0.29) is 16.6 Å². The van der Waals surface area contributed by atoms with Crippen molar-refractivity contribution in [2.45, 2.75) is 46.1 Å². The zero-order valence-electron chi connectivity index (χ0n) is 15.9. The molecule has 0 aliphatic carbocycles. The third-order valence-electron chi connectivity index (χ3n) is 4.70. The number of carbonyl (C=O) groups is 1. The molecule has 0 saturated heterocycles. The lowest BCUT2D eigenvalue weighted by Crippen LogP contribution is -2.30. The quantitative estimate of drug-likeness (QED) is 0.412. The summed E-state index contributed by atoms with van der Waals surface area (Å²) in [4.78, 5) is 29.8. The molecule has 7 nitrogen and oxygen atoms in total. The Hall–Kier alpha value is -2.96. The predicted molar refractivity (Wildman–Crippen MR) is 103 cm³/mol. The molecule has 0 radical (unpaired) electrons. The molecule has 7 heteroatoms. The molecule has 0 saturated carbocycles. The highest BCUT2D eigenvalue weighted by atomic mass is 16.5. The third-order valence-corrected chi connectivity index (χ3v) is 4.70. The van der Waals surface area contributed by atoms with Crippen molar-refractivity contribution in [1.29, 1.82) is 5.41 Å². The first-order valence-electron chi connectivity index (χ1n) is 9.17. The number of esters is 1. The van der Waals surface area contributed by atoms with Crippen LogP contribution >= 0.6 is 0 Å². The largest absolute Gasteiger partial charge is 0.465 e. The summed E-state index contributed by atoms with van der Waals surface area (Å²) in [7, 11) is 1.27. The Morgan fingerprint density at radius 2 is 2.04 bits per heavy atom. The van der Waals surface area contributed by atoms with Crippen molar-refractivity contribution in [3.63, 3.8) is 0 Å². The van der Waals surface area contributed by atoms with Crippen molar-refractivity contribution in [3.05, 3.63) is 51.4 Å². The van der Waals surface area contributed by atoms with Crippen LogP contribution in [0.25, 0.3) is 16.7 Å². The van der Waals surface area contributed by atoms with Crippen molar-refractivity contribution in [2.75, 3.05) is 7.11 Å². The maximum absolute atomic E-state index is 13.0. The predicted octanol–water partition coefficient (Wildman–Crippen LogP) is 2.80. The van der Waals surface area contributed by atoms with Crippen molar-refractivity contribution < 1.29 is 9.53 Å². The molecule has 3 aromatic heterocycles. The minimum atomic E-state index is -0.627. The van der Waals surface area contributed by atoms with E-state index >= 15 is 0 Å². The molecular formula is C20H24N4O3. The number of nitrogens with zero attached hydrogens (tertiary/aromatic N) is 3. The summed E-state index contributed by atoms with van der Waals surface area (Å²) in [5.41, 5.74) is 1.72. The van der Waals surface area contributed by atoms with Gasteiger partial charge in [-0.25, -0.2) is 9.78 Å². The second kappa shape index (κ2) is 7.73. The zero-order valence-corrected chi connectivity index (χ0v) is 15.9. The minimum absolute atomic E-state index is 0.0224. The van der Waals surface area contributed by atoms with E-state index < -0.39 is 5.97 Å². The van der Waals surface area contributed by atoms with Gasteiger partial charge < -0.3 is 9.30 Å². The van der Waals surface area contributed by atoms with E-state index in [9.17, 15) is 9.59 Å². The van der Waals surface area contributed by atoms with Crippen molar-refractivity contribution >= 4 is 22.6 Å². The molecule has 142 valence electrons. The fourth-order valence-corrected chi connectivity index (χ4v) is 3.22. The summed E-state index contributed by atoms with van der Waals surface area (Å²) in [5.74, 6) is -0.627. The normalized spacial score (nSPS) is 11.2. The van der Waals surface area contributed by atoms with E-state index in [1.54, 1.807) is 16.8 Å². The summed E-state index contributed by atoms with van der Waals surface area (Å²) >= 11 is 0. The van der Waals surface area contributed by atoms with Crippen LogP contribution in [0.5, 0.6) is 0 Å². The Morgan fingerprint density at radius 1 is 1.26 bits per heavy atom. The lowest BCUT2D eigenvalue weighted by Gasteiger charge is -2.14. The number of methoxy groups -OCH3 is 1. The van der Waals surface area contributed by atoms with Gasteiger partial charge >= 0.3 is 5.97 Å². The van der Waals surface area contributed by atoms with E-state index in [4.69, 9.17) is 10.1 Å². The van der Waals surface area contributed by atoms with Gasteiger partial charge in [-0.05, 0) is 31.0 Å². The number of hydrogen-bond acceptors (Lipinski definition) is 5. The molecule has 0 amide bonds. The molecule has 3 heterocycles. The molecule has 0 atom stereocenters. The van der Waals surface area contributed by atoms with Crippen molar-refractivity contribution in [3.8, 4) is 0 Å². The zero-order chi connectivity index (χ0) is 19.6. The summed E-state index contributed by atoms with van der Waals surface area (Å²) < 4.78 is 7.94. The average Bonchev–Trinajstić information content (AvgIpc) is 2.66. The summed E-state index contributed by atoms with van der Waals surface area (Å²) in [6, 6.07) is 5.11. The van der Waals surface area contributed by atoms with Gasteiger partial charge in [-0.15, -0.1) is 0 Å². The van der Waals surface area contributed by atoms with Gasteiger partial charge in [-0.1, -0.05) is 32.3 Å². The highest BCUT2D eigenvalue weighted by molar-refractivity contribution is 5.93. The summed E-state index contributed by atoms with van der Waals surface area (Å²) in [6.07, 6.45) is 5.78. The van der Waals surface area contributed by atoms with E-state index in [0.29, 0.717) is 23.2 Å². The van der Waals surface area contributed by atoms with E-state index in [0.717, 1.165) is 31.2 Å². The number of aromatic nitrogens is 3. The van der Waals surface area contributed by atoms with Crippen LogP contribution in [0.4, 0.5) is 0 Å². The molecule has 0 spiro atoms. The van der Waals surface area contributed by atoms with Crippen molar-refractivity contribution in [1.82, 2.24) is 14.0 Å². The maximum atomic E-state index is 13.0. The Morgan fingerprint density at radius 3 is 2.74 bits per heavy atom. The third kappa shape index (κ3) is 3.49. The molecule has 0 bridgehead atoms. The molecule has 3 rings (SSSR count). The van der Waals surface area contributed by atoms with Gasteiger partial charge in [0.15, 0.2) is 0 Å². The maximum Gasteiger partial charge on any atom is 0.341 e. The van der Waals surface area contributed by atoms with Gasteiger partial charge in [0.2, 0.25) is 0 Å². The average molecular weight is 368 g/mol. The number of rotatable bonds is 6. The number of carbonyl (C=O) groups excluding carboxylic acids is 1. The molecule has 27 heavy (non-hydrogen) atoms. The smallest absolute Gasteiger partial charge is 0.341 e. The lowest BCUT2D eigenvalue weighted by molar-refractivity contribution is 0.0597. The molecule has 1 N–H and O–H groups in total. The SMILES string of the molecule is CCCCCCn1c(=N)c(C(=O)OC)cc2c(=O)n3cc(C)ccc3nc21. The van der Waals surface area contributed by atoms with Gasteiger partial charge in [0.25, 0.3) is 5.56 Å². The molecular weight excluding hydrogens is 344 g/mol. The molecule has 0 aliphatic rings. The Bertz CT molecular complexity index is 1130. The van der Waals surface area contributed by atoms with Crippen LogP contribution in [-0.2, 0) is 11.3 Å². The van der Waals surface area contributed by atoms with Gasteiger partial charge in [-0.2, -0.15) is 0 Å². The monoisotopic (exact) mass is 368 g/mol. The van der Waals surface area contributed by atoms with Gasteiger partial charge in [-0.3, -0.25) is 14.6 Å². The van der Waals surface area contributed by atoms with Crippen LogP contribution in [0, 0.1) is 12.3 Å². The minimum Gasteiger partial charge on any atom is -0.465 e. The molecule has 3 aromatic rings. The lowest BCUT2D eigenvalue weighted by atomic mass is 10.1. The highest BCUT2D eigenvalue weighted by Gasteiger charge is 2.17. The molecule has 0 unspecified atom stereocenters. The number of unbranched alkanes of at least 4 members (excludes halogenated alkanes) is 3. The van der Waals surface area contributed by atoms with Crippen LogP contribution < -0.4 is 11.0 Å². The van der Waals surface area contributed by atoms with Crippen LogP contribution in [0.3, 0.4) is 0 Å². The van der Waals surface area contributed by atoms with E-state index in [1.807, 2.05) is 13.0 Å². The number of pyridine rings is 2. The van der Waals surface area contributed by atoms with Crippen LogP contribution in [0.15, 0.2) is 29.2 Å². The number of aryl methyl sites for hydroxylation is 2. The van der Waals surface area contributed by atoms with E-state index in [1.165, 1.54) is 17.6 Å². The summed E-state index contributed by atoms with van der Waals surface area (Å²) in [6.45, 7) is 4.55. The Labute approximate surface area is 156 Å². The molecule has 0 aliphatic heterocycles. The highest BCUT2D eigenvalue weighted by Crippen LogP contribution is 2.13. The van der Waals surface area contributed by atoms with Crippen LogP contribution in [-0.4, -0.2) is 27.0 Å². The number of fused-ring (bicyclic) bond motifs is 2. The Balaban J connectivity index is 2.31. The first-order valence-corrected chi connectivity index (χ1v) is 9.17. The Kier molecular flexibility index (Phi) is 5.39. The number of nitrogens with one attached hydrogen (secondary N) is 1. The van der Waals surface area contributed by atoms with E-state index in [2.05, 4.69) is 11.9 Å². The first-order chi connectivity index (χ1) is 13.0. The van der Waals surface area contributed by atoms with Crippen LogP contribution in [0.2, 0.25) is 0 Å². The second-order valence-electron chi connectivity index (χ2n) is 6.70. The fraction of sp³-hybridized carbons (Fsp3) is 0.400. The number of hydrogen-bond donors (Lipinski definition) is 1. The van der Waals surface area contributed by atoms with Gasteiger partial charge in [0.05, 0.1) is 12.5 Å². The fourth-order valence-electron chi connectivity index (χ4n) is 3.22. The van der Waals surface area contributed by atoms with Gasteiger partial charge in [0.1, 0.15) is 22.3 Å². The summed E-state index contributed by atoms with van der Waals surface area (Å²) in [5, 5.41) is 8.78. The standard InChI is InChI=1S/C20H24N4O3/c1-4-5-6-7-10-23-17(21)14(20(26)27-3)11-15-18(23)22-16-9-8-13(2)12-24(16)19(15)25/h8-9,11-12,21H,4-7,10H2,1-3H3. The van der Waals surface area contributed by atoms with Crippen LogP contribution in [0.1, 0.15) is 48.5 Å². The first kappa shape index (κ1) is 18.8. The molecule has 0 aromatic carbocycles. The molecule has 0 fully saturated rings. The topological polar surface area (TPSA) is 89.5 Å².